The van der Waals surface area contributed by atoms with Gasteiger partial charge >= 0.3 is 0 Å². The molecule has 0 bridgehead atoms. The van der Waals surface area contributed by atoms with E-state index in [1.165, 1.54) is 6.92 Å². The van der Waals surface area contributed by atoms with E-state index in [9.17, 15) is 10.2 Å². The number of aromatic nitrogens is 6. The highest BCUT2D eigenvalue weighted by atomic mass is 16.3. The third kappa shape index (κ3) is 3.78. The summed E-state index contributed by atoms with van der Waals surface area (Å²) in [6, 6.07) is 4.21. The maximum absolute atomic E-state index is 9.95. The average molecular weight is 435 g/mol. The van der Waals surface area contributed by atoms with Crippen molar-refractivity contribution in [1.29, 1.82) is 0 Å². The Morgan fingerprint density at radius 1 is 0.844 bits per heavy atom. The van der Waals surface area contributed by atoms with Crippen LogP contribution in [0.3, 0.4) is 0 Å². The molecule has 2 atom stereocenters. The second-order valence-electron chi connectivity index (χ2n) is 8.16. The lowest BCUT2D eigenvalue weighted by molar-refractivity contribution is 0.0301. The van der Waals surface area contributed by atoms with Gasteiger partial charge in [0.05, 0.1) is 29.7 Å². The first-order valence-corrected chi connectivity index (χ1v) is 10.6. The van der Waals surface area contributed by atoms with Gasteiger partial charge in [0.2, 0.25) is 5.95 Å². The quantitative estimate of drug-likeness (QED) is 0.484. The van der Waals surface area contributed by atoms with E-state index < -0.39 is 12.2 Å². The van der Waals surface area contributed by atoms with Crippen molar-refractivity contribution in [2.45, 2.75) is 19.1 Å². The highest BCUT2D eigenvalue weighted by molar-refractivity contribution is 5.75. The number of aliphatic hydroxyl groups excluding tert-OH is 2. The highest BCUT2D eigenvalue weighted by Gasteiger charge is 2.22. The van der Waals surface area contributed by atoms with Crippen molar-refractivity contribution in [3.63, 3.8) is 0 Å². The van der Waals surface area contributed by atoms with Gasteiger partial charge in [0, 0.05) is 74.7 Å². The lowest BCUT2D eigenvalue weighted by Crippen LogP contribution is -2.47. The molecule has 0 spiro atoms. The minimum Gasteiger partial charge on any atom is -0.390 e. The number of anilines is 2. The molecule has 32 heavy (non-hydrogen) atoms. The monoisotopic (exact) mass is 434 g/mol. The summed E-state index contributed by atoms with van der Waals surface area (Å²) in [6.45, 7) is 4.75. The van der Waals surface area contributed by atoms with Crippen LogP contribution in [0.5, 0.6) is 0 Å². The van der Waals surface area contributed by atoms with Crippen LogP contribution in [-0.4, -0.2) is 71.9 Å². The van der Waals surface area contributed by atoms with E-state index >= 15 is 0 Å². The van der Waals surface area contributed by atoms with Gasteiger partial charge in [0.15, 0.2) is 0 Å². The van der Waals surface area contributed by atoms with Crippen molar-refractivity contribution < 1.29 is 10.2 Å². The molecule has 0 radical (unpaired) electrons. The number of piperazine rings is 1. The van der Waals surface area contributed by atoms with E-state index in [0.717, 1.165) is 48.5 Å². The van der Waals surface area contributed by atoms with Crippen LogP contribution in [0.15, 0.2) is 49.3 Å². The molecule has 0 aliphatic carbocycles. The Labute approximate surface area is 185 Å². The Morgan fingerprint density at radius 3 is 2.22 bits per heavy atom. The molecule has 166 valence electrons. The first kappa shape index (κ1) is 20.4. The van der Waals surface area contributed by atoms with E-state index in [-0.39, 0.29) is 0 Å². The second-order valence-corrected chi connectivity index (χ2v) is 8.16. The molecule has 10 nitrogen and oxygen atoms in total. The fraction of sp³-hybridized carbons (Fsp3) is 0.364. The molecule has 1 fully saturated rings. The van der Waals surface area contributed by atoms with Crippen molar-refractivity contribution in [3.05, 3.63) is 54.9 Å². The van der Waals surface area contributed by atoms with Crippen molar-refractivity contribution in [2.24, 2.45) is 7.05 Å². The summed E-state index contributed by atoms with van der Waals surface area (Å²) in [7, 11) is 1.91. The first-order chi connectivity index (χ1) is 15.5. The number of aryl methyl sites for hydroxylation is 1. The van der Waals surface area contributed by atoms with Crippen LogP contribution in [0.2, 0.25) is 0 Å². The lowest BCUT2D eigenvalue weighted by Gasteiger charge is -2.35. The van der Waals surface area contributed by atoms with Crippen LogP contribution in [0.25, 0.3) is 16.6 Å². The van der Waals surface area contributed by atoms with Gasteiger partial charge < -0.3 is 20.0 Å². The number of rotatable bonds is 5. The molecule has 0 aromatic carbocycles. The summed E-state index contributed by atoms with van der Waals surface area (Å²) >= 11 is 0. The van der Waals surface area contributed by atoms with Gasteiger partial charge in [0.25, 0.3) is 0 Å². The molecule has 2 unspecified atom stereocenters. The van der Waals surface area contributed by atoms with Gasteiger partial charge in [-0.15, -0.1) is 0 Å². The Balaban J connectivity index is 1.28. The van der Waals surface area contributed by atoms with Crippen LogP contribution < -0.4 is 9.80 Å². The number of hydrogen-bond acceptors (Lipinski definition) is 8. The van der Waals surface area contributed by atoms with Gasteiger partial charge in [0.1, 0.15) is 6.10 Å². The fourth-order valence-corrected chi connectivity index (χ4v) is 4.03. The number of nitrogens with zero attached hydrogens (tertiary/aromatic N) is 8. The maximum Gasteiger partial charge on any atom is 0.225 e. The number of aliphatic hydroxyl groups is 2. The van der Waals surface area contributed by atoms with E-state index in [2.05, 4.69) is 42.1 Å². The Hall–Kier alpha value is -3.50. The van der Waals surface area contributed by atoms with Gasteiger partial charge in [-0.25, -0.2) is 14.5 Å². The van der Waals surface area contributed by atoms with Crippen LogP contribution in [0.4, 0.5) is 11.6 Å². The molecular formula is C22H26N8O2. The molecule has 1 aliphatic heterocycles. The average Bonchev–Trinajstić information content (AvgIpc) is 3.44. The number of hydrogen-bond donors (Lipinski definition) is 2. The molecule has 0 amide bonds. The van der Waals surface area contributed by atoms with Crippen molar-refractivity contribution in [3.8, 4) is 11.1 Å². The predicted octanol–water partition coefficient (Wildman–Crippen LogP) is 1.27. The largest absolute Gasteiger partial charge is 0.390 e. The van der Waals surface area contributed by atoms with Crippen molar-refractivity contribution in [2.75, 3.05) is 36.0 Å². The third-order valence-electron chi connectivity index (χ3n) is 5.89. The van der Waals surface area contributed by atoms with Crippen molar-refractivity contribution >= 4 is 17.2 Å². The zero-order valence-corrected chi connectivity index (χ0v) is 18.1. The second kappa shape index (κ2) is 8.21. The Kier molecular flexibility index (Phi) is 5.24. The van der Waals surface area contributed by atoms with E-state index in [1.807, 2.05) is 36.4 Å². The Bertz CT molecular complexity index is 1210. The lowest BCUT2D eigenvalue weighted by atomic mass is 10.1. The molecule has 4 aromatic rings. The molecule has 2 N–H and O–H groups in total. The zero-order chi connectivity index (χ0) is 22.2. The minimum absolute atomic E-state index is 0.513. The summed E-state index contributed by atoms with van der Waals surface area (Å²) in [5.74, 6) is 0.632. The number of fused-ring (bicyclic) bond motifs is 1. The minimum atomic E-state index is -0.977. The smallest absolute Gasteiger partial charge is 0.225 e. The normalized spacial score (nSPS) is 16.5. The topological polar surface area (TPSA) is 108 Å². The summed E-state index contributed by atoms with van der Waals surface area (Å²) in [6.07, 6.45) is 9.11. The van der Waals surface area contributed by atoms with Crippen LogP contribution in [0, 0.1) is 0 Å². The SMILES string of the molecule is CC(O)C(O)c1cnc(N2CCN(c3cnn4cc(-c5cnn(C)c5)ccc34)CC2)nc1. The molecule has 1 aliphatic rings. The predicted molar refractivity (Wildman–Crippen MR) is 120 cm³/mol. The van der Waals surface area contributed by atoms with Crippen LogP contribution in [-0.2, 0) is 7.05 Å². The highest BCUT2D eigenvalue weighted by Crippen LogP contribution is 2.27. The third-order valence-corrected chi connectivity index (χ3v) is 5.89. The standard InChI is InChI=1S/C22H26N8O2/c1-15(31)21(32)17-9-23-22(24-10-17)29-7-5-28(6-8-29)20-12-26-30-14-16(3-4-19(20)30)18-11-25-27(2)13-18/h3-4,9-15,21,31-32H,5-8H2,1-2H3. The molecular weight excluding hydrogens is 408 g/mol. The van der Waals surface area contributed by atoms with E-state index in [1.54, 1.807) is 17.1 Å². The summed E-state index contributed by atoms with van der Waals surface area (Å²) in [5, 5.41) is 28.3. The summed E-state index contributed by atoms with van der Waals surface area (Å²) < 4.78 is 3.71. The van der Waals surface area contributed by atoms with Gasteiger partial charge in [-0.05, 0) is 13.0 Å². The molecule has 1 saturated heterocycles. The fourth-order valence-electron chi connectivity index (χ4n) is 4.03. The zero-order valence-electron chi connectivity index (χ0n) is 18.1. The van der Waals surface area contributed by atoms with Crippen molar-refractivity contribution in [1.82, 2.24) is 29.4 Å². The molecule has 5 rings (SSSR count). The molecule has 4 aromatic heterocycles. The van der Waals surface area contributed by atoms with Gasteiger partial charge in [-0.1, -0.05) is 6.07 Å². The Morgan fingerprint density at radius 2 is 1.56 bits per heavy atom. The first-order valence-electron chi connectivity index (χ1n) is 10.6. The van der Waals surface area contributed by atoms with Gasteiger partial charge in [-0.2, -0.15) is 10.2 Å². The molecule has 10 heteroatoms. The van der Waals surface area contributed by atoms with E-state index in [0.29, 0.717) is 11.5 Å². The summed E-state index contributed by atoms with van der Waals surface area (Å²) in [5.41, 5.74) is 4.83. The van der Waals surface area contributed by atoms with Crippen LogP contribution >= 0.6 is 0 Å². The molecule has 5 heterocycles. The van der Waals surface area contributed by atoms with Gasteiger partial charge in [-0.3, -0.25) is 4.68 Å². The molecule has 0 saturated carbocycles. The maximum atomic E-state index is 9.95. The van der Waals surface area contributed by atoms with Crippen LogP contribution in [0.1, 0.15) is 18.6 Å². The summed E-state index contributed by atoms with van der Waals surface area (Å²) in [4.78, 5) is 13.2. The number of pyridine rings is 1. The van der Waals surface area contributed by atoms with E-state index in [4.69, 9.17) is 0 Å².